The van der Waals surface area contributed by atoms with E-state index in [0.717, 1.165) is 28.5 Å². The minimum atomic E-state index is -0.368. The summed E-state index contributed by atoms with van der Waals surface area (Å²) in [6.07, 6.45) is 2.29. The van der Waals surface area contributed by atoms with Gasteiger partial charge in [-0.05, 0) is 65.2 Å². The summed E-state index contributed by atoms with van der Waals surface area (Å²) < 4.78 is 0. The van der Waals surface area contributed by atoms with Crippen LogP contribution < -0.4 is 0 Å². The van der Waals surface area contributed by atoms with Crippen LogP contribution >= 0.6 is 23.4 Å². The molecule has 0 bridgehead atoms. The van der Waals surface area contributed by atoms with Crippen molar-refractivity contribution in [1.82, 2.24) is 4.90 Å². The lowest BCUT2D eigenvalue weighted by Crippen LogP contribution is -2.27. The maximum atomic E-state index is 12.8. The fraction of sp³-hybridized carbons (Fsp3) is 0.0833. The quantitative estimate of drug-likeness (QED) is 0.509. The number of benzene rings is 3. The zero-order chi connectivity index (χ0) is 21.1. The maximum absolute atomic E-state index is 12.8. The monoisotopic (exact) mass is 435 g/mol. The van der Waals surface area contributed by atoms with E-state index in [2.05, 4.69) is 0 Å². The van der Waals surface area contributed by atoms with Crippen LogP contribution in [0.4, 0.5) is 4.79 Å². The topological polar surface area (TPSA) is 57.6 Å². The first-order valence-corrected chi connectivity index (χ1v) is 10.5. The van der Waals surface area contributed by atoms with Crippen molar-refractivity contribution in [3.63, 3.8) is 0 Å². The molecule has 30 heavy (non-hydrogen) atoms. The van der Waals surface area contributed by atoms with Gasteiger partial charge in [0.25, 0.3) is 11.1 Å². The number of halogens is 1. The Kier molecular flexibility index (Phi) is 5.93. The van der Waals surface area contributed by atoms with Gasteiger partial charge in [-0.1, -0.05) is 60.1 Å². The summed E-state index contributed by atoms with van der Waals surface area (Å²) in [6, 6.07) is 22.3. The molecule has 4 rings (SSSR count). The number of rotatable bonds is 5. The molecule has 1 fully saturated rings. The number of carbonyl (C=O) groups excluding carboxylic acids is 2. The first-order chi connectivity index (χ1) is 14.5. The molecule has 0 saturated carbocycles. The van der Waals surface area contributed by atoms with E-state index in [0.29, 0.717) is 21.9 Å². The molecule has 1 N–H and O–H groups in total. The Bertz CT molecular complexity index is 1130. The summed E-state index contributed by atoms with van der Waals surface area (Å²) >= 11 is 6.77. The summed E-state index contributed by atoms with van der Waals surface area (Å²) in [4.78, 5) is 26.7. The van der Waals surface area contributed by atoms with Gasteiger partial charge in [0.1, 0.15) is 5.75 Å². The van der Waals surface area contributed by atoms with Crippen molar-refractivity contribution in [3.05, 3.63) is 105 Å². The molecule has 4 nitrogen and oxygen atoms in total. The molecule has 1 aliphatic heterocycles. The molecule has 1 saturated heterocycles. The highest BCUT2D eigenvalue weighted by Gasteiger charge is 2.35. The summed E-state index contributed by atoms with van der Waals surface area (Å²) in [7, 11) is 0. The van der Waals surface area contributed by atoms with E-state index in [9.17, 15) is 14.7 Å². The van der Waals surface area contributed by atoms with Crippen molar-refractivity contribution in [1.29, 1.82) is 0 Å². The van der Waals surface area contributed by atoms with Crippen molar-refractivity contribution < 1.29 is 14.7 Å². The van der Waals surface area contributed by atoms with E-state index in [-0.39, 0.29) is 23.4 Å². The number of imide groups is 1. The summed E-state index contributed by atoms with van der Waals surface area (Å²) in [6.45, 7) is 0.180. The second kappa shape index (κ2) is 8.78. The number of carbonyl (C=O) groups is 2. The van der Waals surface area contributed by atoms with Gasteiger partial charge in [-0.3, -0.25) is 14.5 Å². The van der Waals surface area contributed by atoms with Crippen LogP contribution in [0.1, 0.15) is 22.3 Å². The van der Waals surface area contributed by atoms with Crippen LogP contribution in [-0.2, 0) is 17.8 Å². The lowest BCUT2D eigenvalue weighted by molar-refractivity contribution is -0.123. The predicted octanol–water partition coefficient (Wildman–Crippen LogP) is 5.87. The SMILES string of the molecule is O=C1S/C(=C\c2cc(Cc3ccccc3)ccc2O)C(=O)N1Cc1ccc(Cl)cc1. The van der Waals surface area contributed by atoms with E-state index < -0.39 is 0 Å². The Morgan fingerprint density at radius 3 is 2.33 bits per heavy atom. The van der Waals surface area contributed by atoms with Gasteiger partial charge in [0, 0.05) is 10.6 Å². The van der Waals surface area contributed by atoms with Gasteiger partial charge in [-0.25, -0.2) is 0 Å². The van der Waals surface area contributed by atoms with Crippen molar-refractivity contribution in [2.24, 2.45) is 0 Å². The summed E-state index contributed by atoms with van der Waals surface area (Å²) in [5.41, 5.74) is 3.49. The Morgan fingerprint density at radius 2 is 1.60 bits per heavy atom. The predicted molar refractivity (Wildman–Crippen MR) is 120 cm³/mol. The van der Waals surface area contributed by atoms with Crippen LogP contribution in [0.5, 0.6) is 5.75 Å². The van der Waals surface area contributed by atoms with E-state index in [1.165, 1.54) is 4.90 Å². The zero-order valence-electron chi connectivity index (χ0n) is 15.9. The molecule has 0 aliphatic carbocycles. The number of hydrogen-bond acceptors (Lipinski definition) is 4. The number of nitrogens with zero attached hydrogens (tertiary/aromatic N) is 1. The summed E-state index contributed by atoms with van der Waals surface area (Å²) in [5, 5.41) is 10.5. The van der Waals surface area contributed by atoms with Crippen LogP contribution in [0.15, 0.2) is 77.7 Å². The molecule has 150 valence electrons. The average Bonchev–Trinajstić information content (AvgIpc) is 3.00. The van der Waals surface area contributed by atoms with Crippen molar-refractivity contribution in [3.8, 4) is 5.75 Å². The number of amides is 2. The second-order valence-corrected chi connectivity index (χ2v) is 8.38. The molecule has 3 aromatic rings. The molecule has 1 aliphatic rings. The first kappa shape index (κ1) is 20.3. The van der Waals surface area contributed by atoms with Gasteiger partial charge in [0.05, 0.1) is 11.4 Å². The highest BCUT2D eigenvalue weighted by atomic mass is 35.5. The van der Waals surface area contributed by atoms with E-state index in [4.69, 9.17) is 11.6 Å². The van der Waals surface area contributed by atoms with Crippen molar-refractivity contribution in [2.45, 2.75) is 13.0 Å². The normalized spacial score (nSPS) is 15.2. The Hall–Kier alpha value is -3.02. The average molecular weight is 436 g/mol. The molecule has 1 heterocycles. The van der Waals surface area contributed by atoms with Crippen LogP contribution in [0.3, 0.4) is 0 Å². The van der Waals surface area contributed by atoms with E-state index in [1.807, 2.05) is 42.5 Å². The number of phenols is 1. The van der Waals surface area contributed by atoms with Gasteiger partial charge in [0.15, 0.2) is 0 Å². The molecular formula is C24H18ClNO3S. The smallest absolute Gasteiger partial charge is 0.293 e. The molecule has 0 spiro atoms. The zero-order valence-corrected chi connectivity index (χ0v) is 17.5. The Morgan fingerprint density at radius 1 is 0.900 bits per heavy atom. The van der Waals surface area contributed by atoms with Gasteiger partial charge >= 0.3 is 0 Å². The molecule has 3 aromatic carbocycles. The number of thioether (sulfide) groups is 1. The van der Waals surface area contributed by atoms with Crippen LogP contribution in [-0.4, -0.2) is 21.2 Å². The number of hydrogen-bond donors (Lipinski definition) is 1. The Labute approximate surface area is 183 Å². The minimum Gasteiger partial charge on any atom is -0.507 e. The first-order valence-electron chi connectivity index (χ1n) is 9.35. The minimum absolute atomic E-state index is 0.0660. The number of phenolic OH excluding ortho intramolecular Hbond substituents is 1. The largest absolute Gasteiger partial charge is 0.507 e. The molecule has 0 radical (unpaired) electrons. The molecular weight excluding hydrogens is 418 g/mol. The highest BCUT2D eigenvalue weighted by molar-refractivity contribution is 8.18. The van der Waals surface area contributed by atoms with Crippen LogP contribution in [0, 0.1) is 0 Å². The third-order valence-corrected chi connectivity index (χ3v) is 5.92. The van der Waals surface area contributed by atoms with Gasteiger partial charge in [0.2, 0.25) is 0 Å². The fourth-order valence-corrected chi connectivity index (χ4v) is 4.17. The Balaban J connectivity index is 1.55. The third-order valence-electron chi connectivity index (χ3n) is 4.76. The number of aromatic hydroxyl groups is 1. The van der Waals surface area contributed by atoms with E-state index in [1.54, 1.807) is 36.4 Å². The van der Waals surface area contributed by atoms with Crippen molar-refractivity contribution in [2.75, 3.05) is 0 Å². The molecule has 0 aromatic heterocycles. The van der Waals surface area contributed by atoms with Gasteiger partial charge < -0.3 is 5.11 Å². The fourth-order valence-electron chi connectivity index (χ4n) is 3.21. The molecule has 0 atom stereocenters. The molecule has 0 unspecified atom stereocenters. The third kappa shape index (κ3) is 4.58. The standard InChI is InChI=1S/C24H18ClNO3S/c25-20-9-6-17(7-10-20)15-26-23(28)22(30-24(26)29)14-19-13-18(8-11-21(19)27)12-16-4-2-1-3-5-16/h1-11,13-14,27H,12,15H2/b22-14-. The van der Waals surface area contributed by atoms with Gasteiger partial charge in [-0.15, -0.1) is 0 Å². The second-order valence-electron chi connectivity index (χ2n) is 6.95. The van der Waals surface area contributed by atoms with E-state index >= 15 is 0 Å². The van der Waals surface area contributed by atoms with Crippen LogP contribution in [0.25, 0.3) is 6.08 Å². The summed E-state index contributed by atoms with van der Waals surface area (Å²) in [5.74, 6) is -0.302. The maximum Gasteiger partial charge on any atom is 0.293 e. The highest BCUT2D eigenvalue weighted by Crippen LogP contribution is 2.35. The molecule has 2 amide bonds. The molecule has 6 heteroatoms. The lowest BCUT2D eigenvalue weighted by Gasteiger charge is -2.12. The lowest BCUT2D eigenvalue weighted by atomic mass is 10.0. The van der Waals surface area contributed by atoms with Crippen LogP contribution in [0.2, 0.25) is 5.02 Å². The van der Waals surface area contributed by atoms with Gasteiger partial charge in [-0.2, -0.15) is 0 Å². The van der Waals surface area contributed by atoms with Crippen molar-refractivity contribution >= 4 is 40.6 Å².